The molecule has 105 heavy (non-hydrogen) atoms. The summed E-state index contributed by atoms with van der Waals surface area (Å²) in [5, 5.41) is 15.3. The van der Waals surface area contributed by atoms with Gasteiger partial charge in [0, 0.05) is 97.5 Å². The largest absolute Gasteiger partial charge is 0.460 e. The number of rotatable bonds is 19. The number of nitrogens with zero attached hydrogens (tertiary/aromatic N) is 9. The minimum atomic E-state index is -0.455. The number of pyridine rings is 3. The van der Waals surface area contributed by atoms with E-state index in [-0.39, 0.29) is 60.7 Å². The molecule has 3 aliphatic heterocycles. The van der Waals surface area contributed by atoms with Crippen molar-refractivity contribution in [3.05, 3.63) is 183 Å². The molecule has 0 aliphatic carbocycles. The van der Waals surface area contributed by atoms with E-state index in [1.54, 1.807) is 29.6 Å². The van der Waals surface area contributed by atoms with E-state index in [1.807, 2.05) is 176 Å². The molecule has 5 aromatic heterocycles. The number of hydrogen-bond donors (Lipinski definition) is 8. The number of fused-ring (bicyclic) bond motifs is 7. The zero-order chi connectivity index (χ0) is 76.3. The highest BCUT2D eigenvalue weighted by Gasteiger charge is 2.27. The molecule has 0 saturated heterocycles. The average molecular weight is 1430 g/mol. The third-order valence-electron chi connectivity index (χ3n) is 16.4. The number of Topliss-reactive ketones (excluding diaryl/α,β-unsaturated/α-hetero) is 1. The average Bonchev–Trinajstić information content (AvgIpc) is 1.67. The van der Waals surface area contributed by atoms with Crippen LogP contribution in [0, 0.1) is 41.5 Å². The van der Waals surface area contributed by atoms with Crippen LogP contribution in [0.5, 0.6) is 0 Å². The first-order valence-corrected chi connectivity index (χ1v) is 35.2. The second-order valence-electron chi connectivity index (χ2n) is 28.6. The first-order chi connectivity index (χ1) is 49.7. The monoisotopic (exact) mass is 1430 g/mol. The number of amides is 3. The standard InChI is InChI=1S/C28H33N5O3.C22H24N6O.C16H26N4O2.C14H16N2O2/c1-17-10-11-21-23(12-17)31-24(34)14-20-16-30-27(33-26(20)21)32-22-13-19(15-29-18(22)2)8-6-7-9-25(35)36-28(3,4)5;1-13-5-6-17-19(8-13)26-20(29)10-16-12-25-22(28-21(16)17)27-18-9-15(4-3-7-23)11-24-14(18)2;1-11-13(20-15(17)18)9-12(10-19-11)7-5-6-8-14(21)22-16(2,3)4;1-9-4-5-11-12(6-9)15-13(17)7-10(14(11)18)8-16(2)3/h10-13,15-16H,6-9,14H2,1-5H3,(H,31,34)(H,30,32,33);5-6,8-9,11-12H,3-4,7,10,23H2,1-2H3,(H,26,29)(H,25,27,28);9-10H,5-8H2,1-4H3,(H4,17,18,20);4-6,8H,7H2,1-3H3,(H,15,17)/b;;;10-8+. The number of aromatic nitrogens is 7. The van der Waals surface area contributed by atoms with Gasteiger partial charge in [0.15, 0.2) is 11.7 Å². The highest BCUT2D eigenvalue weighted by Crippen LogP contribution is 2.37. The molecule has 0 unspecified atom stereocenters. The van der Waals surface area contributed by atoms with Gasteiger partial charge in [0.2, 0.25) is 29.6 Å². The highest BCUT2D eigenvalue weighted by molar-refractivity contribution is 6.18. The van der Waals surface area contributed by atoms with Gasteiger partial charge < -0.3 is 58.2 Å². The molecule has 11 rings (SSSR count). The van der Waals surface area contributed by atoms with E-state index in [2.05, 4.69) is 62.6 Å². The van der Waals surface area contributed by atoms with Crippen LogP contribution in [0.15, 0.2) is 121 Å². The molecule has 8 heterocycles. The fourth-order valence-corrected chi connectivity index (χ4v) is 11.5. The summed E-state index contributed by atoms with van der Waals surface area (Å²) in [7, 11) is 3.66. The van der Waals surface area contributed by atoms with E-state index >= 15 is 0 Å². The Bertz CT molecular complexity index is 4570. The third-order valence-corrected chi connectivity index (χ3v) is 16.4. The Balaban J connectivity index is 0.000000183. The lowest BCUT2D eigenvalue weighted by atomic mass is 10.0. The van der Waals surface area contributed by atoms with Gasteiger partial charge in [-0.2, -0.15) is 0 Å². The van der Waals surface area contributed by atoms with Crippen LogP contribution < -0.4 is 43.8 Å². The molecule has 0 fully saturated rings. The molecule has 3 aliphatic rings. The summed E-state index contributed by atoms with van der Waals surface area (Å²) in [6.45, 7) is 23.5. The number of benzene rings is 3. The summed E-state index contributed by atoms with van der Waals surface area (Å²) in [4.78, 5) is 110. The van der Waals surface area contributed by atoms with Crippen molar-refractivity contribution in [2.75, 3.05) is 47.2 Å². The van der Waals surface area contributed by atoms with Crippen LogP contribution in [0.1, 0.15) is 165 Å². The number of aryl methyl sites for hydroxylation is 9. The van der Waals surface area contributed by atoms with Crippen molar-refractivity contribution >= 4 is 87.4 Å². The van der Waals surface area contributed by atoms with Gasteiger partial charge in [-0.3, -0.25) is 43.7 Å². The predicted octanol–water partition coefficient (Wildman–Crippen LogP) is 13.0. The summed E-state index contributed by atoms with van der Waals surface area (Å²) in [6.07, 6.45) is 18.8. The van der Waals surface area contributed by atoms with Gasteiger partial charge >= 0.3 is 11.9 Å². The molecule has 0 spiro atoms. The molecule has 3 aromatic carbocycles. The van der Waals surface area contributed by atoms with Crippen LogP contribution >= 0.6 is 0 Å². The number of nitrogens with two attached hydrogens (primary N) is 3. The normalized spacial score (nSPS) is 13.1. The number of hydrogen-bond acceptors (Lipinski definition) is 20. The van der Waals surface area contributed by atoms with E-state index in [0.29, 0.717) is 53.8 Å². The molecule has 11 N–H and O–H groups in total. The number of carbonyl (C=O) groups excluding carboxylic acids is 6. The summed E-state index contributed by atoms with van der Waals surface area (Å²) >= 11 is 0. The zero-order valence-electron chi connectivity index (χ0n) is 62.8. The fraction of sp³-hybridized carbons (Fsp3) is 0.375. The fourth-order valence-electron chi connectivity index (χ4n) is 11.5. The number of ketones is 1. The highest BCUT2D eigenvalue weighted by atomic mass is 16.6. The van der Waals surface area contributed by atoms with E-state index in [9.17, 15) is 28.8 Å². The smallest absolute Gasteiger partial charge is 0.306 e. The molecular formula is C80H99N17O8. The van der Waals surface area contributed by atoms with Crippen LogP contribution in [0.4, 0.5) is 46.0 Å². The summed E-state index contributed by atoms with van der Waals surface area (Å²) in [5.41, 5.74) is 34.9. The Labute approximate surface area is 615 Å². The van der Waals surface area contributed by atoms with Gasteiger partial charge in [-0.1, -0.05) is 30.3 Å². The molecule has 0 saturated carbocycles. The number of carbonyl (C=O) groups is 6. The minimum Gasteiger partial charge on any atom is -0.460 e. The Morgan fingerprint density at radius 1 is 0.524 bits per heavy atom. The Morgan fingerprint density at radius 2 is 0.924 bits per heavy atom. The maximum Gasteiger partial charge on any atom is 0.306 e. The second kappa shape index (κ2) is 36.2. The maximum absolute atomic E-state index is 12.4. The van der Waals surface area contributed by atoms with Crippen LogP contribution in [0.3, 0.4) is 0 Å². The van der Waals surface area contributed by atoms with Gasteiger partial charge in [0.05, 0.1) is 81.9 Å². The van der Waals surface area contributed by atoms with Gasteiger partial charge in [-0.25, -0.2) is 24.9 Å². The number of guanidine groups is 1. The lowest BCUT2D eigenvalue weighted by Gasteiger charge is -2.19. The summed E-state index contributed by atoms with van der Waals surface area (Å²) < 4.78 is 10.6. The Hall–Kier alpha value is -11.3. The molecule has 3 amide bonds. The number of anilines is 7. The summed E-state index contributed by atoms with van der Waals surface area (Å²) in [5.74, 6) is 0.241. The van der Waals surface area contributed by atoms with Crippen LogP contribution in [0.2, 0.25) is 0 Å². The summed E-state index contributed by atoms with van der Waals surface area (Å²) in [6, 6.07) is 23.4. The van der Waals surface area contributed by atoms with Crippen molar-refractivity contribution in [1.82, 2.24) is 39.8 Å². The Kier molecular flexibility index (Phi) is 27.4. The number of unbranched alkanes of at least 4 members (excludes halogenated alkanes) is 2. The number of esters is 2. The van der Waals surface area contributed by atoms with Crippen LogP contribution in [-0.2, 0) is 65.6 Å². The number of ether oxygens (including phenoxy) is 2. The molecule has 8 aromatic rings. The van der Waals surface area contributed by atoms with Gasteiger partial charge in [-0.15, -0.1) is 0 Å². The van der Waals surface area contributed by atoms with Crippen molar-refractivity contribution in [3.8, 4) is 22.5 Å². The third kappa shape index (κ3) is 24.4. The molecule has 0 bridgehead atoms. The van der Waals surface area contributed by atoms with Crippen LogP contribution in [0.25, 0.3) is 22.5 Å². The van der Waals surface area contributed by atoms with Crippen molar-refractivity contribution in [3.63, 3.8) is 0 Å². The van der Waals surface area contributed by atoms with E-state index in [4.69, 9.17) is 36.6 Å². The number of nitrogens with one attached hydrogen (secondary N) is 5. The number of aliphatic imine (C=N–C) groups is 1. The van der Waals surface area contributed by atoms with Gasteiger partial charge in [-0.05, 0) is 217 Å². The zero-order valence-corrected chi connectivity index (χ0v) is 62.8. The first-order valence-electron chi connectivity index (χ1n) is 35.2. The van der Waals surface area contributed by atoms with Crippen molar-refractivity contribution in [2.24, 2.45) is 22.2 Å². The lowest BCUT2D eigenvalue weighted by molar-refractivity contribution is -0.156. The molecule has 0 atom stereocenters. The van der Waals surface area contributed by atoms with E-state index in [1.165, 1.54) is 0 Å². The van der Waals surface area contributed by atoms with Crippen molar-refractivity contribution < 1.29 is 38.2 Å². The molecule has 25 nitrogen and oxygen atoms in total. The quantitative estimate of drug-likeness (QED) is 0.0123. The molecule has 552 valence electrons. The SMILES string of the molecule is Cc1ccc2c(c1)NC(=O)C/C(=C\N(C)C)C2=O.Cc1ccc2c(c1)NC(=O)Cc1cnc(Nc3cc(CCCCC(=O)OC(C)(C)C)cnc3C)nc1-2.Cc1ccc2c(c1)NC(=O)Cc1cnc(Nc3cc(CCCN)cnc3C)nc1-2.Cc1ncc(CCCCC(=O)OC(C)(C)C)cc1N=C(N)N. The van der Waals surface area contributed by atoms with Gasteiger partial charge in [0.25, 0.3) is 0 Å². The maximum atomic E-state index is 12.4. The lowest BCUT2D eigenvalue weighted by Crippen LogP contribution is -2.23. The topological polar surface area (TPSA) is 365 Å². The Morgan fingerprint density at radius 3 is 1.34 bits per heavy atom. The molecular weight excluding hydrogens is 1330 g/mol. The molecule has 0 radical (unpaired) electrons. The second-order valence-corrected chi connectivity index (χ2v) is 28.6. The first kappa shape index (κ1) is 79.4. The van der Waals surface area contributed by atoms with E-state index < -0.39 is 11.2 Å². The van der Waals surface area contributed by atoms with Crippen molar-refractivity contribution in [1.29, 1.82) is 0 Å². The van der Waals surface area contributed by atoms with Gasteiger partial charge in [0.1, 0.15) is 11.2 Å². The van der Waals surface area contributed by atoms with E-state index in [0.717, 1.165) is 158 Å². The van der Waals surface area contributed by atoms with Crippen molar-refractivity contribution in [2.45, 2.75) is 178 Å². The van der Waals surface area contributed by atoms with Crippen LogP contribution in [-0.4, -0.2) is 113 Å². The minimum absolute atomic E-state index is 0.0203. The predicted molar refractivity (Wildman–Crippen MR) is 413 cm³/mol. The molecule has 25 heteroatoms.